The Labute approximate surface area is 154 Å². The van der Waals surface area contributed by atoms with E-state index in [2.05, 4.69) is 30.8 Å². The van der Waals surface area contributed by atoms with E-state index in [1.165, 1.54) is 11.3 Å². The van der Waals surface area contributed by atoms with Crippen molar-refractivity contribution >= 4 is 33.7 Å². The summed E-state index contributed by atoms with van der Waals surface area (Å²) in [6.45, 7) is 2.63. The molecule has 0 N–H and O–H groups in total. The summed E-state index contributed by atoms with van der Waals surface area (Å²) < 4.78 is 7.47. The molecule has 7 heteroatoms. The Morgan fingerprint density at radius 3 is 2.81 bits per heavy atom. The Kier molecular flexibility index (Phi) is 4.45. The van der Waals surface area contributed by atoms with Crippen LogP contribution >= 0.6 is 11.3 Å². The summed E-state index contributed by atoms with van der Waals surface area (Å²) in [6, 6.07) is 15.8. The normalized spacial score (nSPS) is 11.5. The van der Waals surface area contributed by atoms with Gasteiger partial charge in [-0.3, -0.25) is 0 Å². The molecule has 2 aromatic heterocycles. The Balaban J connectivity index is 1.56. The van der Waals surface area contributed by atoms with Crippen molar-refractivity contribution in [3.05, 3.63) is 64.9 Å². The number of methoxy groups -OCH3 is 1. The molecular formula is C19H17N5OS. The average molecular weight is 363 g/mol. The molecule has 4 rings (SSSR count). The van der Waals surface area contributed by atoms with Crippen molar-refractivity contribution in [2.45, 2.75) is 13.5 Å². The zero-order chi connectivity index (χ0) is 17.9. The average Bonchev–Trinajstić information content (AvgIpc) is 3.25. The first-order valence-electron chi connectivity index (χ1n) is 8.16. The van der Waals surface area contributed by atoms with Crippen molar-refractivity contribution in [2.24, 2.45) is 4.99 Å². The van der Waals surface area contributed by atoms with Gasteiger partial charge in [0.2, 0.25) is 5.13 Å². The van der Waals surface area contributed by atoms with Crippen LogP contribution in [0.15, 0.2) is 53.5 Å². The van der Waals surface area contributed by atoms with E-state index < -0.39 is 0 Å². The number of aromatic nitrogens is 4. The second-order valence-electron chi connectivity index (χ2n) is 5.71. The number of aliphatic imine (C=N–C) groups is 1. The van der Waals surface area contributed by atoms with Gasteiger partial charge in [-0.2, -0.15) is 0 Å². The van der Waals surface area contributed by atoms with Crippen molar-refractivity contribution in [3.63, 3.8) is 0 Å². The molecule has 4 aromatic rings. The predicted molar refractivity (Wildman–Crippen MR) is 104 cm³/mol. The number of fused-ring (bicyclic) bond motifs is 1. The maximum atomic E-state index is 5.33. The molecule has 0 amide bonds. The number of para-hydroxylation sites is 3. The summed E-state index contributed by atoms with van der Waals surface area (Å²) in [5.41, 5.74) is 2.99. The van der Waals surface area contributed by atoms with Gasteiger partial charge in [-0.05, 0) is 31.2 Å². The lowest BCUT2D eigenvalue weighted by molar-refractivity contribution is 0.414. The molecule has 0 spiro atoms. The Morgan fingerprint density at radius 1 is 1.12 bits per heavy atom. The van der Waals surface area contributed by atoms with Crippen molar-refractivity contribution in [1.29, 1.82) is 0 Å². The van der Waals surface area contributed by atoms with Crippen molar-refractivity contribution in [1.82, 2.24) is 19.7 Å². The van der Waals surface area contributed by atoms with Crippen LogP contribution in [0.2, 0.25) is 0 Å². The molecule has 130 valence electrons. The maximum Gasteiger partial charge on any atom is 0.231 e. The fourth-order valence-corrected chi connectivity index (χ4v) is 3.46. The smallest absolute Gasteiger partial charge is 0.231 e. The standard InChI is InChI=1S/C19H17N5OS/c1-13-21-15-8-4-5-9-16(15)24(13)12-18-22-23-19(26-18)20-11-14-7-3-6-10-17(14)25-2/h3-11H,12H2,1-2H3/b20-11+. The minimum atomic E-state index is 0.619. The van der Waals surface area contributed by atoms with Crippen LogP contribution in [-0.4, -0.2) is 33.1 Å². The van der Waals surface area contributed by atoms with Crippen molar-refractivity contribution in [2.75, 3.05) is 7.11 Å². The number of ether oxygens (including phenoxy) is 1. The zero-order valence-corrected chi connectivity index (χ0v) is 15.3. The van der Waals surface area contributed by atoms with Gasteiger partial charge in [-0.25, -0.2) is 9.98 Å². The third kappa shape index (κ3) is 3.21. The van der Waals surface area contributed by atoms with E-state index in [-0.39, 0.29) is 0 Å². The predicted octanol–water partition coefficient (Wildman–Crippen LogP) is 4.00. The maximum absolute atomic E-state index is 5.33. The van der Waals surface area contributed by atoms with Crippen LogP contribution in [0.25, 0.3) is 11.0 Å². The number of rotatable bonds is 5. The van der Waals surface area contributed by atoms with Crippen molar-refractivity contribution in [3.8, 4) is 5.75 Å². The fraction of sp³-hybridized carbons (Fsp3) is 0.158. The molecule has 0 bridgehead atoms. The number of hydrogen-bond donors (Lipinski definition) is 0. The molecule has 2 heterocycles. The van der Waals surface area contributed by atoms with Gasteiger partial charge in [0.25, 0.3) is 0 Å². The summed E-state index contributed by atoms with van der Waals surface area (Å²) >= 11 is 1.47. The van der Waals surface area contributed by atoms with E-state index in [0.29, 0.717) is 11.7 Å². The molecule has 0 saturated heterocycles. The lowest BCUT2D eigenvalue weighted by Gasteiger charge is -2.03. The van der Waals surface area contributed by atoms with Crippen LogP contribution in [0.4, 0.5) is 5.13 Å². The number of imidazole rings is 1. The number of nitrogens with zero attached hydrogens (tertiary/aromatic N) is 5. The van der Waals surface area contributed by atoms with Gasteiger partial charge in [0.1, 0.15) is 16.6 Å². The SMILES string of the molecule is COc1ccccc1/C=N/c1nnc(Cn2c(C)nc3ccccc32)s1. The highest BCUT2D eigenvalue weighted by molar-refractivity contribution is 7.14. The van der Waals surface area contributed by atoms with E-state index in [0.717, 1.165) is 33.2 Å². The highest BCUT2D eigenvalue weighted by Gasteiger charge is 2.10. The van der Waals surface area contributed by atoms with E-state index >= 15 is 0 Å². The van der Waals surface area contributed by atoms with Gasteiger partial charge >= 0.3 is 0 Å². The van der Waals surface area contributed by atoms with Crippen LogP contribution in [0.3, 0.4) is 0 Å². The van der Waals surface area contributed by atoms with Gasteiger partial charge in [0, 0.05) is 11.8 Å². The molecule has 0 radical (unpaired) electrons. The minimum absolute atomic E-state index is 0.619. The summed E-state index contributed by atoms with van der Waals surface area (Å²) in [6.07, 6.45) is 1.75. The van der Waals surface area contributed by atoms with Crippen LogP contribution in [0.5, 0.6) is 5.75 Å². The topological polar surface area (TPSA) is 65.2 Å². The second-order valence-corrected chi connectivity index (χ2v) is 6.75. The van der Waals surface area contributed by atoms with E-state index in [4.69, 9.17) is 4.74 Å². The molecule has 2 aromatic carbocycles. The summed E-state index contributed by atoms with van der Waals surface area (Å²) in [5.74, 6) is 1.74. The first-order chi connectivity index (χ1) is 12.7. The molecule has 26 heavy (non-hydrogen) atoms. The molecular weight excluding hydrogens is 346 g/mol. The summed E-state index contributed by atoms with van der Waals surface area (Å²) in [7, 11) is 1.65. The Hall–Kier alpha value is -3.06. The molecule has 0 unspecified atom stereocenters. The molecule has 0 aliphatic carbocycles. The minimum Gasteiger partial charge on any atom is -0.496 e. The molecule has 0 aliphatic rings. The molecule has 6 nitrogen and oxygen atoms in total. The van der Waals surface area contributed by atoms with Crippen LogP contribution in [0.1, 0.15) is 16.4 Å². The largest absolute Gasteiger partial charge is 0.496 e. The molecule has 0 fully saturated rings. The summed E-state index contributed by atoms with van der Waals surface area (Å²) in [4.78, 5) is 9.02. The van der Waals surface area contributed by atoms with Gasteiger partial charge in [-0.1, -0.05) is 35.6 Å². The van der Waals surface area contributed by atoms with Gasteiger partial charge in [0.05, 0.1) is 24.7 Å². The highest BCUT2D eigenvalue weighted by atomic mass is 32.1. The third-order valence-electron chi connectivity index (χ3n) is 4.05. The van der Waals surface area contributed by atoms with Gasteiger partial charge in [0.15, 0.2) is 0 Å². The third-order valence-corrected chi connectivity index (χ3v) is 4.86. The van der Waals surface area contributed by atoms with E-state index in [1.807, 2.05) is 49.4 Å². The van der Waals surface area contributed by atoms with E-state index in [1.54, 1.807) is 13.3 Å². The lowest BCUT2D eigenvalue weighted by atomic mass is 10.2. The quantitative estimate of drug-likeness (QED) is 0.503. The van der Waals surface area contributed by atoms with E-state index in [9.17, 15) is 0 Å². The van der Waals surface area contributed by atoms with Gasteiger partial charge < -0.3 is 9.30 Å². The Morgan fingerprint density at radius 2 is 1.92 bits per heavy atom. The zero-order valence-electron chi connectivity index (χ0n) is 14.5. The van der Waals surface area contributed by atoms with Gasteiger partial charge in [-0.15, -0.1) is 10.2 Å². The first kappa shape index (κ1) is 16.4. The molecule has 0 atom stereocenters. The van der Waals surface area contributed by atoms with Crippen molar-refractivity contribution < 1.29 is 4.74 Å². The van der Waals surface area contributed by atoms with Crippen LogP contribution in [-0.2, 0) is 6.54 Å². The fourth-order valence-electron chi connectivity index (χ4n) is 2.79. The molecule has 0 saturated carbocycles. The Bertz CT molecular complexity index is 1080. The first-order valence-corrected chi connectivity index (χ1v) is 8.97. The number of benzene rings is 2. The highest BCUT2D eigenvalue weighted by Crippen LogP contribution is 2.23. The second kappa shape index (κ2) is 7.05. The van der Waals surface area contributed by atoms with Crippen LogP contribution in [0, 0.1) is 6.92 Å². The summed E-state index contributed by atoms with van der Waals surface area (Å²) in [5, 5.41) is 9.95. The lowest BCUT2D eigenvalue weighted by Crippen LogP contribution is -2.01. The van der Waals surface area contributed by atoms with Crippen LogP contribution < -0.4 is 4.74 Å². The number of aryl methyl sites for hydroxylation is 1. The number of hydrogen-bond acceptors (Lipinski definition) is 6. The molecule has 0 aliphatic heterocycles. The monoisotopic (exact) mass is 363 g/mol.